The first-order chi connectivity index (χ1) is 8.76. The monoisotopic (exact) mass is 253 g/mol. The number of ether oxygens (including phenoxy) is 1. The Morgan fingerprint density at radius 1 is 1.17 bits per heavy atom. The van der Waals surface area contributed by atoms with Crippen LogP contribution in [0.25, 0.3) is 0 Å². The molecule has 18 heavy (non-hydrogen) atoms. The summed E-state index contributed by atoms with van der Waals surface area (Å²) in [5, 5.41) is 8.45. The molecule has 0 aliphatic carbocycles. The second kappa shape index (κ2) is 8.90. The molecule has 1 saturated heterocycles. The van der Waals surface area contributed by atoms with Crippen molar-refractivity contribution in [3.8, 4) is 6.07 Å². The summed E-state index contributed by atoms with van der Waals surface area (Å²) < 4.78 is 4.64. The van der Waals surface area contributed by atoms with Crippen molar-refractivity contribution in [2.45, 2.75) is 25.7 Å². The smallest absolute Gasteiger partial charge is 0.306 e. The third-order valence-corrected chi connectivity index (χ3v) is 3.34. The van der Waals surface area contributed by atoms with Crippen LogP contribution in [0.4, 0.5) is 0 Å². The number of piperazine rings is 1. The summed E-state index contributed by atoms with van der Waals surface area (Å²) in [4.78, 5) is 15.8. The number of hydrogen-bond acceptors (Lipinski definition) is 5. The third-order valence-electron chi connectivity index (χ3n) is 3.34. The number of hydrogen-bond donors (Lipinski definition) is 0. The molecule has 0 saturated carbocycles. The fraction of sp³-hybridized carbons (Fsp3) is 0.846. The van der Waals surface area contributed by atoms with Crippen LogP contribution in [0.5, 0.6) is 0 Å². The zero-order valence-electron chi connectivity index (χ0n) is 11.2. The molecule has 1 fully saturated rings. The normalized spacial score (nSPS) is 17.3. The Balaban J connectivity index is 2.06. The van der Waals surface area contributed by atoms with E-state index in [1.165, 1.54) is 7.11 Å². The van der Waals surface area contributed by atoms with Gasteiger partial charge in [0.1, 0.15) is 0 Å². The van der Waals surface area contributed by atoms with Crippen molar-refractivity contribution >= 4 is 5.97 Å². The Hall–Kier alpha value is -1.12. The lowest BCUT2D eigenvalue weighted by Crippen LogP contribution is -2.47. The number of carbonyl (C=O) groups excluding carboxylic acids is 1. The largest absolute Gasteiger partial charge is 0.469 e. The average Bonchev–Trinajstić information content (AvgIpc) is 2.42. The van der Waals surface area contributed by atoms with Crippen LogP contribution in [0.1, 0.15) is 25.7 Å². The van der Waals surface area contributed by atoms with E-state index in [9.17, 15) is 4.79 Å². The van der Waals surface area contributed by atoms with E-state index < -0.39 is 0 Å². The molecule has 1 rings (SSSR count). The van der Waals surface area contributed by atoms with Crippen LogP contribution in [0, 0.1) is 11.3 Å². The number of unbranched alkanes of at least 4 members (excludes halogenated alkanes) is 2. The zero-order valence-corrected chi connectivity index (χ0v) is 11.2. The minimum Gasteiger partial charge on any atom is -0.469 e. The molecule has 0 radical (unpaired) electrons. The van der Waals surface area contributed by atoms with Crippen LogP contribution < -0.4 is 0 Å². The molecule has 0 aromatic heterocycles. The quantitative estimate of drug-likeness (QED) is 0.497. The van der Waals surface area contributed by atoms with E-state index in [0.29, 0.717) is 12.8 Å². The summed E-state index contributed by atoms with van der Waals surface area (Å²) in [7, 11) is 1.43. The molecule has 0 N–H and O–H groups in total. The van der Waals surface area contributed by atoms with Crippen molar-refractivity contribution in [1.29, 1.82) is 5.26 Å². The van der Waals surface area contributed by atoms with Gasteiger partial charge in [0, 0.05) is 39.1 Å². The molecule has 5 heteroatoms. The van der Waals surface area contributed by atoms with Gasteiger partial charge in [-0.15, -0.1) is 0 Å². The van der Waals surface area contributed by atoms with E-state index >= 15 is 0 Å². The predicted octanol–water partition coefficient (Wildman–Crippen LogP) is 0.861. The Morgan fingerprint density at radius 2 is 1.78 bits per heavy atom. The van der Waals surface area contributed by atoms with Crippen LogP contribution >= 0.6 is 0 Å². The first-order valence-electron chi connectivity index (χ1n) is 6.64. The van der Waals surface area contributed by atoms with Gasteiger partial charge >= 0.3 is 5.97 Å². The van der Waals surface area contributed by atoms with Gasteiger partial charge in [-0.25, -0.2) is 0 Å². The highest BCUT2D eigenvalue weighted by molar-refractivity contribution is 5.69. The van der Waals surface area contributed by atoms with E-state index in [1.807, 2.05) is 0 Å². The maximum atomic E-state index is 11.0. The second-order valence-corrected chi connectivity index (χ2v) is 4.62. The van der Waals surface area contributed by atoms with Gasteiger partial charge in [0.2, 0.25) is 0 Å². The highest BCUT2D eigenvalue weighted by Crippen LogP contribution is 2.05. The fourth-order valence-corrected chi connectivity index (χ4v) is 2.13. The number of esters is 1. The number of carbonyl (C=O) groups is 1. The average molecular weight is 253 g/mol. The van der Waals surface area contributed by atoms with Gasteiger partial charge in [-0.2, -0.15) is 5.26 Å². The van der Waals surface area contributed by atoms with Crippen molar-refractivity contribution in [2.24, 2.45) is 0 Å². The van der Waals surface area contributed by atoms with Crippen molar-refractivity contribution in [3.63, 3.8) is 0 Å². The standard InChI is InChI=1S/C13H23N3O2/c1-18-13(17)5-8-16-11-9-15(10-12-16)7-4-2-3-6-14/h2-5,7-12H2,1H3. The van der Waals surface area contributed by atoms with E-state index in [-0.39, 0.29) is 5.97 Å². The van der Waals surface area contributed by atoms with Crippen LogP contribution in [0.15, 0.2) is 0 Å². The number of nitrogens with zero attached hydrogens (tertiary/aromatic N) is 3. The molecule has 1 aliphatic heterocycles. The number of methoxy groups -OCH3 is 1. The molecule has 102 valence electrons. The molecule has 1 heterocycles. The second-order valence-electron chi connectivity index (χ2n) is 4.62. The van der Waals surface area contributed by atoms with Crippen LogP contribution in [-0.2, 0) is 9.53 Å². The van der Waals surface area contributed by atoms with Gasteiger partial charge in [-0.05, 0) is 19.4 Å². The molecule has 5 nitrogen and oxygen atoms in total. The minimum atomic E-state index is -0.131. The molecule has 0 aromatic carbocycles. The number of rotatable bonds is 7. The SMILES string of the molecule is COC(=O)CCN1CCN(CCCCC#N)CC1. The number of nitriles is 1. The molecule has 0 atom stereocenters. The van der Waals surface area contributed by atoms with E-state index in [0.717, 1.165) is 52.1 Å². The maximum absolute atomic E-state index is 11.0. The molecule has 0 aromatic rings. The lowest BCUT2D eigenvalue weighted by Gasteiger charge is -2.34. The molecular weight excluding hydrogens is 230 g/mol. The minimum absolute atomic E-state index is 0.131. The van der Waals surface area contributed by atoms with Crippen LogP contribution in [0.3, 0.4) is 0 Å². The highest BCUT2D eigenvalue weighted by atomic mass is 16.5. The van der Waals surface area contributed by atoms with Crippen molar-refractivity contribution in [1.82, 2.24) is 9.80 Å². The summed E-state index contributed by atoms with van der Waals surface area (Å²) in [6.45, 7) is 6.06. The maximum Gasteiger partial charge on any atom is 0.306 e. The highest BCUT2D eigenvalue weighted by Gasteiger charge is 2.16. The van der Waals surface area contributed by atoms with Gasteiger partial charge < -0.3 is 14.5 Å². The molecule has 0 unspecified atom stereocenters. The Labute approximate surface area is 109 Å². The summed E-state index contributed by atoms with van der Waals surface area (Å²) >= 11 is 0. The molecule has 0 amide bonds. The van der Waals surface area contributed by atoms with Gasteiger partial charge in [-0.1, -0.05) is 0 Å². The summed E-state index contributed by atoms with van der Waals surface area (Å²) in [6, 6.07) is 2.17. The van der Waals surface area contributed by atoms with Gasteiger partial charge in [0.05, 0.1) is 19.6 Å². The van der Waals surface area contributed by atoms with Gasteiger partial charge in [-0.3, -0.25) is 4.79 Å². The Kier molecular flexibility index (Phi) is 7.38. The molecule has 1 aliphatic rings. The lowest BCUT2D eigenvalue weighted by molar-refractivity contribution is -0.141. The Bertz CT molecular complexity index is 280. The van der Waals surface area contributed by atoms with Crippen molar-refractivity contribution in [2.75, 3.05) is 46.4 Å². The molecule has 0 spiro atoms. The first kappa shape index (κ1) is 14.9. The lowest BCUT2D eigenvalue weighted by atomic mass is 10.2. The van der Waals surface area contributed by atoms with Gasteiger partial charge in [0.25, 0.3) is 0 Å². The third kappa shape index (κ3) is 5.99. The predicted molar refractivity (Wildman–Crippen MR) is 69.0 cm³/mol. The van der Waals surface area contributed by atoms with Crippen LogP contribution in [-0.4, -0.2) is 62.1 Å². The molecular formula is C13H23N3O2. The van der Waals surface area contributed by atoms with Crippen LogP contribution in [0.2, 0.25) is 0 Å². The van der Waals surface area contributed by atoms with E-state index in [4.69, 9.17) is 5.26 Å². The van der Waals surface area contributed by atoms with Crippen molar-refractivity contribution < 1.29 is 9.53 Å². The Morgan fingerprint density at radius 3 is 2.33 bits per heavy atom. The summed E-state index contributed by atoms with van der Waals surface area (Å²) in [5.41, 5.74) is 0. The topological polar surface area (TPSA) is 56.6 Å². The van der Waals surface area contributed by atoms with Crippen molar-refractivity contribution in [3.05, 3.63) is 0 Å². The van der Waals surface area contributed by atoms with E-state index in [2.05, 4.69) is 20.6 Å². The molecule has 0 bridgehead atoms. The fourth-order valence-electron chi connectivity index (χ4n) is 2.13. The first-order valence-corrected chi connectivity index (χ1v) is 6.64. The zero-order chi connectivity index (χ0) is 13.2. The van der Waals surface area contributed by atoms with Gasteiger partial charge in [0.15, 0.2) is 0 Å². The van der Waals surface area contributed by atoms with E-state index in [1.54, 1.807) is 0 Å². The summed E-state index contributed by atoms with van der Waals surface area (Å²) in [5.74, 6) is -0.131. The summed E-state index contributed by atoms with van der Waals surface area (Å²) in [6.07, 6.45) is 3.26.